The zero-order chi connectivity index (χ0) is 19.9. The van der Waals surface area contributed by atoms with Crippen molar-refractivity contribution in [3.8, 4) is 5.75 Å². The molecular formula is C19H17BrN4O4. The van der Waals surface area contributed by atoms with Crippen molar-refractivity contribution >= 4 is 27.5 Å². The van der Waals surface area contributed by atoms with E-state index in [1.165, 1.54) is 12.1 Å². The van der Waals surface area contributed by atoms with Crippen LogP contribution < -0.4 is 10.1 Å². The molecule has 0 aliphatic heterocycles. The minimum absolute atomic E-state index is 0.00786. The highest BCUT2D eigenvalue weighted by atomic mass is 79.9. The van der Waals surface area contributed by atoms with Gasteiger partial charge in [0.1, 0.15) is 12.4 Å². The van der Waals surface area contributed by atoms with E-state index in [2.05, 4.69) is 26.3 Å². The number of carbonyl (C=O) groups excluding carboxylic acids is 1. The van der Waals surface area contributed by atoms with Gasteiger partial charge >= 0.3 is 0 Å². The number of halogens is 1. The summed E-state index contributed by atoms with van der Waals surface area (Å²) < 4.78 is 8.26. The van der Waals surface area contributed by atoms with Crippen LogP contribution in [0.4, 0.5) is 5.69 Å². The standard InChI is InChI=1S/C19H17BrN4O4/c20-16-11-22-23(12-16)9-8-21-19(25)15-3-1-2-14(10-15)13-28-18-6-4-17(5-7-18)24(26)27/h1-7,10-12H,8-9,13H2,(H,21,25). The van der Waals surface area contributed by atoms with Crippen LogP contribution in [0.3, 0.4) is 0 Å². The third-order valence-electron chi connectivity index (χ3n) is 3.87. The Morgan fingerprint density at radius 2 is 2.04 bits per heavy atom. The summed E-state index contributed by atoms with van der Waals surface area (Å²) in [5.41, 5.74) is 1.36. The summed E-state index contributed by atoms with van der Waals surface area (Å²) in [5.74, 6) is 0.342. The lowest BCUT2D eigenvalue weighted by Gasteiger charge is -2.09. The molecule has 144 valence electrons. The smallest absolute Gasteiger partial charge is 0.269 e. The number of non-ortho nitro benzene ring substituents is 1. The van der Waals surface area contributed by atoms with Crippen molar-refractivity contribution in [1.82, 2.24) is 15.1 Å². The molecule has 28 heavy (non-hydrogen) atoms. The van der Waals surface area contributed by atoms with Gasteiger partial charge in [0.25, 0.3) is 11.6 Å². The number of hydrogen-bond donors (Lipinski definition) is 1. The van der Waals surface area contributed by atoms with E-state index in [0.717, 1.165) is 10.0 Å². The minimum Gasteiger partial charge on any atom is -0.489 e. The number of ether oxygens (including phenoxy) is 1. The summed E-state index contributed by atoms with van der Waals surface area (Å²) in [6, 6.07) is 13.0. The number of amides is 1. The van der Waals surface area contributed by atoms with Crippen LogP contribution in [-0.4, -0.2) is 27.2 Å². The second kappa shape index (κ2) is 9.14. The normalized spacial score (nSPS) is 10.5. The second-order valence-corrected chi connectivity index (χ2v) is 6.83. The number of rotatable bonds is 8. The van der Waals surface area contributed by atoms with E-state index < -0.39 is 4.92 Å². The Kier molecular flexibility index (Phi) is 6.38. The molecule has 0 saturated heterocycles. The van der Waals surface area contributed by atoms with E-state index in [4.69, 9.17) is 4.74 Å². The number of benzene rings is 2. The SMILES string of the molecule is O=C(NCCn1cc(Br)cn1)c1cccc(COc2ccc([N+](=O)[O-])cc2)c1. The fourth-order valence-corrected chi connectivity index (χ4v) is 2.81. The summed E-state index contributed by atoms with van der Waals surface area (Å²) in [7, 11) is 0. The second-order valence-electron chi connectivity index (χ2n) is 5.92. The minimum atomic E-state index is -0.461. The van der Waals surface area contributed by atoms with Crippen LogP contribution in [0.2, 0.25) is 0 Å². The molecular weight excluding hydrogens is 428 g/mol. The van der Waals surface area contributed by atoms with Gasteiger partial charge in [-0.05, 0) is 45.8 Å². The third kappa shape index (κ3) is 5.40. The van der Waals surface area contributed by atoms with Crippen LogP contribution in [0.5, 0.6) is 5.75 Å². The first-order valence-corrected chi connectivity index (χ1v) is 9.23. The van der Waals surface area contributed by atoms with E-state index in [1.54, 1.807) is 41.2 Å². The van der Waals surface area contributed by atoms with Crippen molar-refractivity contribution in [2.45, 2.75) is 13.2 Å². The van der Waals surface area contributed by atoms with Crippen LogP contribution in [-0.2, 0) is 13.2 Å². The molecule has 0 saturated carbocycles. The molecule has 0 atom stereocenters. The molecule has 3 aromatic rings. The molecule has 0 radical (unpaired) electrons. The quantitative estimate of drug-likeness (QED) is 0.422. The Labute approximate surface area is 169 Å². The van der Waals surface area contributed by atoms with Crippen molar-refractivity contribution in [3.63, 3.8) is 0 Å². The number of nitrogens with one attached hydrogen (secondary N) is 1. The number of nitro benzene ring substituents is 1. The fraction of sp³-hybridized carbons (Fsp3) is 0.158. The lowest BCUT2D eigenvalue weighted by molar-refractivity contribution is -0.384. The molecule has 8 nitrogen and oxygen atoms in total. The van der Waals surface area contributed by atoms with Crippen molar-refractivity contribution < 1.29 is 14.5 Å². The highest BCUT2D eigenvalue weighted by Crippen LogP contribution is 2.18. The molecule has 1 N–H and O–H groups in total. The molecule has 9 heteroatoms. The first-order chi connectivity index (χ1) is 13.5. The lowest BCUT2D eigenvalue weighted by atomic mass is 10.1. The van der Waals surface area contributed by atoms with Crippen LogP contribution in [0.15, 0.2) is 65.4 Å². The maximum atomic E-state index is 12.3. The first-order valence-electron chi connectivity index (χ1n) is 8.43. The van der Waals surface area contributed by atoms with Gasteiger partial charge in [-0.25, -0.2) is 0 Å². The molecule has 0 unspecified atom stereocenters. The predicted molar refractivity (Wildman–Crippen MR) is 106 cm³/mol. The van der Waals surface area contributed by atoms with Crippen LogP contribution in [0, 0.1) is 10.1 Å². The molecule has 0 aliphatic rings. The summed E-state index contributed by atoms with van der Waals surface area (Å²) in [5, 5.41) is 17.7. The molecule has 1 amide bonds. The predicted octanol–water partition coefficient (Wildman–Crippen LogP) is 3.56. The number of nitro groups is 1. The Balaban J connectivity index is 1.52. The van der Waals surface area contributed by atoms with Gasteiger partial charge in [-0.2, -0.15) is 5.10 Å². The lowest BCUT2D eigenvalue weighted by Crippen LogP contribution is -2.27. The van der Waals surface area contributed by atoms with Crippen molar-refractivity contribution in [2.24, 2.45) is 0 Å². The monoisotopic (exact) mass is 444 g/mol. The highest BCUT2D eigenvalue weighted by molar-refractivity contribution is 9.10. The molecule has 1 heterocycles. The van der Waals surface area contributed by atoms with Gasteiger partial charge in [0, 0.05) is 30.4 Å². The first kappa shape index (κ1) is 19.6. The number of aromatic nitrogens is 2. The fourth-order valence-electron chi connectivity index (χ4n) is 2.48. The van der Waals surface area contributed by atoms with Crippen LogP contribution in [0.25, 0.3) is 0 Å². The molecule has 0 bridgehead atoms. The maximum absolute atomic E-state index is 12.3. The average Bonchev–Trinajstić information content (AvgIpc) is 3.12. The molecule has 0 spiro atoms. The number of carbonyl (C=O) groups is 1. The van der Waals surface area contributed by atoms with Gasteiger partial charge < -0.3 is 10.1 Å². The topological polar surface area (TPSA) is 99.3 Å². The number of hydrogen-bond acceptors (Lipinski definition) is 5. The third-order valence-corrected chi connectivity index (χ3v) is 4.28. The van der Waals surface area contributed by atoms with Crippen molar-refractivity contribution in [2.75, 3.05) is 6.54 Å². The molecule has 1 aromatic heterocycles. The number of nitrogens with zero attached hydrogens (tertiary/aromatic N) is 3. The van der Waals surface area contributed by atoms with E-state index in [0.29, 0.717) is 24.4 Å². The van der Waals surface area contributed by atoms with Gasteiger partial charge in [-0.1, -0.05) is 12.1 Å². The van der Waals surface area contributed by atoms with Crippen LogP contribution >= 0.6 is 15.9 Å². The maximum Gasteiger partial charge on any atom is 0.269 e. The zero-order valence-electron chi connectivity index (χ0n) is 14.7. The van der Waals surface area contributed by atoms with E-state index in [-0.39, 0.29) is 18.2 Å². The van der Waals surface area contributed by atoms with Gasteiger partial charge in [0.2, 0.25) is 0 Å². The Hall–Kier alpha value is -3.20. The van der Waals surface area contributed by atoms with Gasteiger partial charge in [0.05, 0.1) is 22.1 Å². The average molecular weight is 445 g/mol. The summed E-state index contributed by atoms with van der Waals surface area (Å²) in [4.78, 5) is 22.5. The van der Waals surface area contributed by atoms with Crippen molar-refractivity contribution in [1.29, 1.82) is 0 Å². The summed E-state index contributed by atoms with van der Waals surface area (Å²) >= 11 is 3.33. The van der Waals surface area contributed by atoms with E-state index in [9.17, 15) is 14.9 Å². The van der Waals surface area contributed by atoms with E-state index in [1.807, 2.05) is 12.3 Å². The van der Waals surface area contributed by atoms with Gasteiger partial charge in [0.15, 0.2) is 0 Å². The van der Waals surface area contributed by atoms with Crippen molar-refractivity contribution in [3.05, 3.63) is 86.6 Å². The molecule has 3 rings (SSSR count). The Morgan fingerprint density at radius 3 is 2.71 bits per heavy atom. The Morgan fingerprint density at radius 1 is 1.25 bits per heavy atom. The summed E-state index contributed by atoms with van der Waals surface area (Å²) in [6.45, 7) is 1.27. The zero-order valence-corrected chi connectivity index (χ0v) is 16.3. The highest BCUT2D eigenvalue weighted by Gasteiger charge is 2.08. The molecule has 0 aliphatic carbocycles. The van der Waals surface area contributed by atoms with Gasteiger partial charge in [-0.3, -0.25) is 19.6 Å². The summed E-state index contributed by atoms with van der Waals surface area (Å²) in [6.07, 6.45) is 3.53. The largest absolute Gasteiger partial charge is 0.489 e. The van der Waals surface area contributed by atoms with E-state index >= 15 is 0 Å². The van der Waals surface area contributed by atoms with Crippen LogP contribution in [0.1, 0.15) is 15.9 Å². The molecule has 0 fully saturated rings. The molecule has 2 aromatic carbocycles. The van der Waals surface area contributed by atoms with Gasteiger partial charge in [-0.15, -0.1) is 0 Å². The Bertz CT molecular complexity index is 972.